The third-order valence-corrected chi connectivity index (χ3v) is 8.09. The number of carboxylic acid groups (broad SMARTS) is 4. The lowest BCUT2D eigenvalue weighted by Crippen LogP contribution is -2.46. The van der Waals surface area contributed by atoms with Crippen LogP contribution in [0.2, 0.25) is 0 Å². The van der Waals surface area contributed by atoms with Crippen LogP contribution in [-0.2, 0) is 32.0 Å². The summed E-state index contributed by atoms with van der Waals surface area (Å²) in [6.45, 7) is 11.6. The minimum atomic E-state index is -1.82. The third kappa shape index (κ3) is 11.8. The lowest BCUT2D eigenvalue weighted by Gasteiger charge is -2.37. The summed E-state index contributed by atoms with van der Waals surface area (Å²) in [6.07, 6.45) is 7.84. The summed E-state index contributed by atoms with van der Waals surface area (Å²) in [5, 5.41) is 30.3. The highest BCUT2D eigenvalue weighted by Crippen LogP contribution is 2.31. The molecule has 2 heterocycles. The number of nitrogens with two attached hydrogens (primary N) is 1. The fourth-order valence-corrected chi connectivity index (χ4v) is 5.98. The SMILES string of the molecule is C=CCN(CCCCN1CCN(c2ccccc2OC)CC1)C1CCc2nc(N)sc2C1.O=C(O)C(=O)O.O=C(O)C(=O)O. The topological polar surface area (TPSA) is 207 Å². The number of thiazole rings is 1. The number of carboxylic acids is 4. The Morgan fingerprint density at radius 2 is 1.66 bits per heavy atom. The van der Waals surface area contributed by atoms with Crippen molar-refractivity contribution in [1.29, 1.82) is 0 Å². The number of hydrogen-bond donors (Lipinski definition) is 5. The van der Waals surface area contributed by atoms with Gasteiger partial charge in [0.05, 0.1) is 18.5 Å². The van der Waals surface area contributed by atoms with Gasteiger partial charge in [-0.05, 0) is 57.3 Å². The quantitative estimate of drug-likeness (QED) is 0.144. The molecule has 4 rings (SSSR count). The lowest BCUT2D eigenvalue weighted by molar-refractivity contribution is -0.159. The van der Waals surface area contributed by atoms with Crippen LogP contribution in [0, 0.1) is 0 Å². The first-order valence-electron chi connectivity index (χ1n) is 14.1. The van der Waals surface area contributed by atoms with Crippen LogP contribution in [0.5, 0.6) is 5.75 Å². The van der Waals surface area contributed by atoms with E-state index in [9.17, 15) is 0 Å². The van der Waals surface area contributed by atoms with Crippen molar-refractivity contribution in [3.8, 4) is 5.75 Å². The van der Waals surface area contributed by atoms with Crippen molar-refractivity contribution in [2.24, 2.45) is 0 Å². The second-order valence-corrected chi connectivity index (χ2v) is 11.1. The summed E-state index contributed by atoms with van der Waals surface area (Å²) in [4.78, 5) is 50.0. The van der Waals surface area contributed by atoms with E-state index in [2.05, 4.69) is 38.4 Å². The molecule has 1 aromatic heterocycles. The number of aryl methyl sites for hydroxylation is 1. The maximum absolute atomic E-state index is 9.10. The summed E-state index contributed by atoms with van der Waals surface area (Å²) in [6, 6.07) is 8.93. The number of carbonyl (C=O) groups is 4. The third-order valence-electron chi connectivity index (χ3n) is 7.14. The zero-order chi connectivity index (χ0) is 32.6. The Balaban J connectivity index is 0.000000477. The zero-order valence-electron chi connectivity index (χ0n) is 24.8. The lowest BCUT2D eigenvalue weighted by atomic mass is 9.96. The van der Waals surface area contributed by atoms with Gasteiger partial charge in [0.15, 0.2) is 5.13 Å². The molecule has 0 bridgehead atoms. The number of anilines is 2. The molecule has 44 heavy (non-hydrogen) atoms. The molecule has 1 saturated heterocycles. The van der Waals surface area contributed by atoms with Crippen molar-refractivity contribution < 1.29 is 44.3 Å². The summed E-state index contributed by atoms with van der Waals surface area (Å²) in [5.41, 5.74) is 8.37. The number of rotatable bonds is 10. The number of aromatic nitrogens is 1. The standard InChI is InChI=1S/C25H37N5OS.2C2H2O4/c1-3-12-29(20-10-11-21-24(19-20)32-25(26)27-21)14-7-6-13-28-15-17-30(18-16-28)22-8-4-5-9-23(22)31-2;2*3-1(4)2(5)6/h3-5,8-9,20H,1,6-7,10-19H2,2H3,(H2,26,27);2*(H,3,4)(H,5,6). The first-order valence-corrected chi connectivity index (χ1v) is 14.9. The molecule has 14 nitrogen and oxygen atoms in total. The molecule has 0 amide bonds. The molecule has 1 unspecified atom stereocenters. The number of ether oxygens (including phenoxy) is 1. The van der Waals surface area contributed by atoms with Crippen LogP contribution in [0.15, 0.2) is 36.9 Å². The minimum Gasteiger partial charge on any atom is -0.495 e. The molecule has 1 atom stereocenters. The number of fused-ring (bicyclic) bond motifs is 1. The van der Waals surface area contributed by atoms with E-state index in [-0.39, 0.29) is 0 Å². The van der Waals surface area contributed by atoms with E-state index in [0.717, 1.165) is 63.0 Å². The Morgan fingerprint density at radius 3 is 2.23 bits per heavy atom. The summed E-state index contributed by atoms with van der Waals surface area (Å²) < 4.78 is 5.54. The van der Waals surface area contributed by atoms with Gasteiger partial charge in [0, 0.05) is 43.6 Å². The van der Waals surface area contributed by atoms with Crippen LogP contribution in [0.3, 0.4) is 0 Å². The normalized spacial score (nSPS) is 16.0. The molecular weight excluding hydrogens is 594 g/mol. The van der Waals surface area contributed by atoms with E-state index in [1.807, 2.05) is 18.2 Å². The van der Waals surface area contributed by atoms with E-state index in [1.165, 1.54) is 42.1 Å². The molecular formula is C29H41N5O9S. The molecule has 1 aliphatic heterocycles. The van der Waals surface area contributed by atoms with Gasteiger partial charge in [-0.1, -0.05) is 18.2 Å². The predicted octanol–water partition coefficient (Wildman–Crippen LogP) is 1.99. The largest absolute Gasteiger partial charge is 0.495 e. The van der Waals surface area contributed by atoms with E-state index >= 15 is 0 Å². The van der Waals surface area contributed by atoms with Gasteiger partial charge in [-0.25, -0.2) is 24.2 Å². The molecule has 0 spiro atoms. The Morgan fingerprint density at radius 1 is 1.05 bits per heavy atom. The van der Waals surface area contributed by atoms with Gasteiger partial charge >= 0.3 is 23.9 Å². The smallest absolute Gasteiger partial charge is 0.414 e. The Labute approximate surface area is 260 Å². The van der Waals surface area contributed by atoms with E-state index in [1.54, 1.807) is 18.4 Å². The molecule has 1 aliphatic carbocycles. The molecule has 15 heteroatoms. The second kappa shape index (κ2) is 18.5. The monoisotopic (exact) mass is 635 g/mol. The average Bonchev–Trinajstić information content (AvgIpc) is 3.38. The summed E-state index contributed by atoms with van der Waals surface area (Å²) >= 11 is 1.67. The van der Waals surface area contributed by atoms with Crippen LogP contribution in [0.4, 0.5) is 10.8 Å². The number of piperazine rings is 1. The number of hydrogen-bond acceptors (Lipinski definition) is 11. The highest BCUT2D eigenvalue weighted by Gasteiger charge is 2.26. The number of para-hydroxylation sites is 2. The van der Waals surface area contributed by atoms with Crippen molar-refractivity contribution in [1.82, 2.24) is 14.8 Å². The van der Waals surface area contributed by atoms with Crippen LogP contribution in [-0.4, -0.2) is 118 Å². The Kier molecular flexibility index (Phi) is 15.1. The fraction of sp³-hybridized carbons (Fsp3) is 0.483. The van der Waals surface area contributed by atoms with Gasteiger partial charge in [-0.3, -0.25) is 9.80 Å². The molecule has 1 aromatic carbocycles. The number of nitrogen functional groups attached to an aromatic ring is 1. The van der Waals surface area contributed by atoms with Crippen molar-refractivity contribution >= 4 is 46.0 Å². The first kappa shape index (κ1) is 36.0. The summed E-state index contributed by atoms with van der Waals surface area (Å²) in [7, 11) is 1.75. The number of aliphatic carboxylic acids is 4. The predicted molar refractivity (Wildman–Crippen MR) is 166 cm³/mol. The molecule has 2 aliphatic rings. The van der Waals surface area contributed by atoms with Crippen molar-refractivity contribution in [3.63, 3.8) is 0 Å². The fourth-order valence-electron chi connectivity index (χ4n) is 5.03. The van der Waals surface area contributed by atoms with Crippen molar-refractivity contribution in [3.05, 3.63) is 47.5 Å². The minimum absolute atomic E-state index is 0.588. The van der Waals surface area contributed by atoms with Gasteiger partial charge < -0.3 is 35.8 Å². The highest BCUT2D eigenvalue weighted by molar-refractivity contribution is 7.15. The van der Waals surface area contributed by atoms with Gasteiger partial charge in [-0.15, -0.1) is 17.9 Å². The Bertz CT molecular complexity index is 1220. The first-order chi connectivity index (χ1) is 21.0. The number of benzene rings is 1. The number of methoxy groups -OCH3 is 1. The van der Waals surface area contributed by atoms with Gasteiger partial charge in [0.25, 0.3) is 0 Å². The second-order valence-electron chi connectivity index (χ2n) is 10.0. The maximum Gasteiger partial charge on any atom is 0.414 e. The van der Waals surface area contributed by atoms with Crippen molar-refractivity contribution in [2.75, 3.05) is 63.6 Å². The van der Waals surface area contributed by atoms with Gasteiger partial charge in [-0.2, -0.15) is 0 Å². The van der Waals surface area contributed by atoms with E-state index in [4.69, 9.17) is 50.1 Å². The Hall–Kier alpha value is -4.21. The van der Waals surface area contributed by atoms with E-state index in [0.29, 0.717) is 6.04 Å². The molecule has 2 aromatic rings. The molecule has 1 fully saturated rings. The zero-order valence-corrected chi connectivity index (χ0v) is 25.6. The molecule has 0 saturated carbocycles. The molecule has 242 valence electrons. The maximum atomic E-state index is 9.10. The average molecular weight is 636 g/mol. The summed E-state index contributed by atoms with van der Waals surface area (Å²) in [5.74, 6) is -6.32. The van der Waals surface area contributed by atoms with Gasteiger partial charge in [0.1, 0.15) is 5.75 Å². The number of nitrogens with zero attached hydrogens (tertiary/aromatic N) is 4. The van der Waals surface area contributed by atoms with E-state index < -0.39 is 23.9 Å². The van der Waals surface area contributed by atoms with Crippen LogP contribution >= 0.6 is 11.3 Å². The molecule has 6 N–H and O–H groups in total. The molecule has 0 radical (unpaired) electrons. The highest BCUT2D eigenvalue weighted by atomic mass is 32.1. The van der Waals surface area contributed by atoms with Crippen LogP contribution in [0.25, 0.3) is 0 Å². The van der Waals surface area contributed by atoms with Crippen LogP contribution < -0.4 is 15.4 Å². The van der Waals surface area contributed by atoms with Crippen LogP contribution in [0.1, 0.15) is 29.8 Å². The van der Waals surface area contributed by atoms with Gasteiger partial charge in [0.2, 0.25) is 0 Å². The van der Waals surface area contributed by atoms with Crippen molar-refractivity contribution in [2.45, 2.75) is 38.1 Å². The number of unbranched alkanes of at least 4 members (excludes halogenated alkanes) is 1.